The van der Waals surface area contributed by atoms with Crippen LogP contribution in [0.4, 0.5) is 4.39 Å². The lowest BCUT2D eigenvalue weighted by atomic mass is 9.85. The zero-order valence-electron chi connectivity index (χ0n) is 11.1. The Morgan fingerprint density at radius 3 is 2.35 bits per heavy atom. The van der Waals surface area contributed by atoms with Crippen molar-refractivity contribution in [3.8, 4) is 5.75 Å². The second-order valence-electron chi connectivity index (χ2n) is 4.65. The van der Waals surface area contributed by atoms with E-state index >= 15 is 0 Å². The van der Waals surface area contributed by atoms with Gasteiger partial charge in [0.25, 0.3) is 0 Å². The Hall–Kier alpha value is -1.10. The summed E-state index contributed by atoms with van der Waals surface area (Å²) in [6, 6.07) is 10.5. The zero-order valence-corrected chi connectivity index (χ0v) is 13.4. The summed E-state index contributed by atoms with van der Waals surface area (Å²) >= 11 is 9.12. The molecule has 0 heterocycles. The van der Waals surface area contributed by atoms with E-state index < -0.39 is 11.4 Å². The van der Waals surface area contributed by atoms with Gasteiger partial charge in [0, 0.05) is 10.0 Å². The minimum Gasteiger partial charge on any atom is -0.497 e. The fourth-order valence-electron chi connectivity index (χ4n) is 2.02. The molecule has 0 radical (unpaired) electrons. The number of rotatable bonds is 3. The zero-order chi connectivity index (χ0) is 14.9. The number of benzene rings is 2. The first-order valence-electron chi connectivity index (χ1n) is 5.95. The number of methoxy groups -OCH3 is 1. The molecule has 0 saturated heterocycles. The van der Waals surface area contributed by atoms with E-state index in [-0.39, 0.29) is 5.02 Å². The summed E-state index contributed by atoms with van der Waals surface area (Å²) in [6.07, 6.45) is 0. The van der Waals surface area contributed by atoms with Gasteiger partial charge in [-0.15, -0.1) is 0 Å². The maximum absolute atomic E-state index is 14.3. The Balaban J connectivity index is 2.51. The van der Waals surface area contributed by atoms with Crippen LogP contribution in [0.25, 0.3) is 0 Å². The normalized spacial score (nSPS) is 13.9. The molecule has 1 atom stereocenters. The molecule has 2 N–H and O–H groups in total. The van der Waals surface area contributed by atoms with Crippen LogP contribution in [-0.4, -0.2) is 7.11 Å². The van der Waals surface area contributed by atoms with Crippen LogP contribution < -0.4 is 10.5 Å². The van der Waals surface area contributed by atoms with Crippen LogP contribution in [0.2, 0.25) is 5.02 Å². The van der Waals surface area contributed by atoms with E-state index in [1.165, 1.54) is 0 Å². The van der Waals surface area contributed by atoms with Crippen molar-refractivity contribution in [2.45, 2.75) is 12.5 Å². The molecule has 0 aliphatic rings. The summed E-state index contributed by atoms with van der Waals surface area (Å²) in [6.45, 7) is 1.75. The van der Waals surface area contributed by atoms with Crippen molar-refractivity contribution in [1.29, 1.82) is 0 Å². The lowest BCUT2D eigenvalue weighted by molar-refractivity contribution is 0.414. The highest BCUT2D eigenvalue weighted by molar-refractivity contribution is 9.10. The molecule has 5 heteroatoms. The summed E-state index contributed by atoms with van der Waals surface area (Å²) in [5, 5.41) is 0.0349. The number of hydrogen-bond acceptors (Lipinski definition) is 2. The third-order valence-electron chi connectivity index (χ3n) is 3.28. The van der Waals surface area contributed by atoms with Gasteiger partial charge in [-0.05, 0) is 46.6 Å². The third-order valence-corrected chi connectivity index (χ3v) is 4.54. The maximum Gasteiger partial charge on any atom is 0.148 e. The molecule has 0 saturated carbocycles. The van der Waals surface area contributed by atoms with Crippen molar-refractivity contribution < 1.29 is 9.13 Å². The molecule has 0 aromatic heterocycles. The Bertz CT molecular complexity index is 629. The first-order valence-corrected chi connectivity index (χ1v) is 7.12. The van der Waals surface area contributed by atoms with E-state index in [1.54, 1.807) is 38.3 Å². The molecule has 2 rings (SSSR count). The van der Waals surface area contributed by atoms with Gasteiger partial charge in [-0.3, -0.25) is 0 Å². The fraction of sp³-hybridized carbons (Fsp3) is 0.200. The van der Waals surface area contributed by atoms with Crippen LogP contribution in [0.3, 0.4) is 0 Å². The summed E-state index contributed by atoms with van der Waals surface area (Å²) in [4.78, 5) is 0. The SMILES string of the molecule is COc1ccc(C(C)(N)c2ccc(Br)c(Cl)c2F)cc1. The minimum atomic E-state index is -0.985. The molecule has 2 aromatic rings. The van der Waals surface area contributed by atoms with Crippen molar-refractivity contribution >= 4 is 27.5 Å². The first kappa shape index (κ1) is 15.3. The molecule has 0 spiro atoms. The predicted molar refractivity (Wildman–Crippen MR) is 82.7 cm³/mol. The number of ether oxygens (including phenoxy) is 1. The smallest absolute Gasteiger partial charge is 0.148 e. The van der Waals surface area contributed by atoms with E-state index in [0.717, 1.165) is 11.3 Å². The molecule has 2 nitrogen and oxygen atoms in total. The van der Waals surface area contributed by atoms with Crippen LogP contribution in [0.5, 0.6) is 5.75 Å². The molecule has 0 aliphatic heterocycles. The van der Waals surface area contributed by atoms with Crippen molar-refractivity contribution in [2.24, 2.45) is 5.73 Å². The number of hydrogen-bond donors (Lipinski definition) is 1. The monoisotopic (exact) mass is 357 g/mol. The molecular formula is C15H14BrClFNO. The highest BCUT2D eigenvalue weighted by Crippen LogP contribution is 2.35. The predicted octanol–water partition coefficient (Wildman–Crippen LogP) is 4.47. The van der Waals surface area contributed by atoms with Gasteiger partial charge in [0.2, 0.25) is 0 Å². The molecule has 0 amide bonds. The van der Waals surface area contributed by atoms with Crippen LogP contribution in [0, 0.1) is 5.82 Å². The Labute approximate surface area is 130 Å². The average Bonchev–Trinajstić information content (AvgIpc) is 2.44. The maximum atomic E-state index is 14.3. The molecular weight excluding hydrogens is 345 g/mol. The van der Waals surface area contributed by atoms with Crippen LogP contribution in [0.1, 0.15) is 18.1 Å². The second-order valence-corrected chi connectivity index (χ2v) is 5.89. The minimum absolute atomic E-state index is 0.0349. The Morgan fingerprint density at radius 1 is 1.20 bits per heavy atom. The van der Waals surface area contributed by atoms with Gasteiger partial charge in [0.1, 0.15) is 11.6 Å². The fourth-order valence-corrected chi connectivity index (χ4v) is 2.49. The van der Waals surface area contributed by atoms with E-state index in [9.17, 15) is 4.39 Å². The van der Waals surface area contributed by atoms with E-state index in [0.29, 0.717) is 10.0 Å². The van der Waals surface area contributed by atoms with Gasteiger partial charge in [0.15, 0.2) is 0 Å². The average molecular weight is 359 g/mol. The molecule has 20 heavy (non-hydrogen) atoms. The van der Waals surface area contributed by atoms with Gasteiger partial charge >= 0.3 is 0 Å². The molecule has 0 bridgehead atoms. The van der Waals surface area contributed by atoms with Crippen LogP contribution >= 0.6 is 27.5 Å². The van der Waals surface area contributed by atoms with E-state index in [1.807, 2.05) is 12.1 Å². The highest BCUT2D eigenvalue weighted by Gasteiger charge is 2.28. The van der Waals surface area contributed by atoms with Crippen molar-refractivity contribution in [3.05, 3.63) is 62.8 Å². The Morgan fingerprint density at radius 2 is 1.80 bits per heavy atom. The van der Waals surface area contributed by atoms with Crippen LogP contribution in [-0.2, 0) is 5.54 Å². The lowest BCUT2D eigenvalue weighted by Crippen LogP contribution is -2.35. The van der Waals surface area contributed by atoms with Crippen molar-refractivity contribution in [2.75, 3.05) is 7.11 Å². The van der Waals surface area contributed by atoms with E-state index in [2.05, 4.69) is 15.9 Å². The summed E-state index contributed by atoms with van der Waals surface area (Å²) in [7, 11) is 1.59. The molecule has 106 valence electrons. The third kappa shape index (κ3) is 2.68. The standard InChI is InChI=1S/C15H14BrClFNO/c1-15(19,9-3-5-10(20-2)6-4-9)11-7-8-12(16)13(17)14(11)18/h3-8H,19H2,1-2H3. The van der Waals surface area contributed by atoms with E-state index in [4.69, 9.17) is 22.1 Å². The molecule has 0 aliphatic carbocycles. The molecule has 0 fully saturated rings. The quantitative estimate of drug-likeness (QED) is 0.822. The van der Waals surface area contributed by atoms with Crippen molar-refractivity contribution in [1.82, 2.24) is 0 Å². The van der Waals surface area contributed by atoms with Crippen molar-refractivity contribution in [3.63, 3.8) is 0 Å². The van der Waals surface area contributed by atoms with Gasteiger partial charge in [-0.1, -0.05) is 29.8 Å². The van der Waals surface area contributed by atoms with Gasteiger partial charge < -0.3 is 10.5 Å². The van der Waals surface area contributed by atoms with Gasteiger partial charge in [-0.25, -0.2) is 4.39 Å². The van der Waals surface area contributed by atoms with Crippen LogP contribution in [0.15, 0.2) is 40.9 Å². The topological polar surface area (TPSA) is 35.2 Å². The first-order chi connectivity index (χ1) is 9.37. The molecule has 2 aromatic carbocycles. The Kier molecular flexibility index (Phi) is 4.37. The number of nitrogens with two attached hydrogens (primary N) is 1. The second kappa shape index (κ2) is 5.72. The lowest BCUT2D eigenvalue weighted by Gasteiger charge is -2.27. The summed E-state index contributed by atoms with van der Waals surface area (Å²) in [5.74, 6) is 0.209. The summed E-state index contributed by atoms with van der Waals surface area (Å²) < 4.78 is 19.9. The largest absolute Gasteiger partial charge is 0.497 e. The van der Waals surface area contributed by atoms with Gasteiger partial charge in [0.05, 0.1) is 17.7 Å². The highest BCUT2D eigenvalue weighted by atomic mass is 79.9. The summed E-state index contributed by atoms with van der Waals surface area (Å²) in [5.41, 5.74) is 6.45. The molecule has 1 unspecified atom stereocenters. The van der Waals surface area contributed by atoms with Gasteiger partial charge in [-0.2, -0.15) is 0 Å². The number of halogens is 3.